The number of anilines is 2. The number of hydrogen-bond acceptors (Lipinski definition) is 5. The zero-order chi connectivity index (χ0) is 23.2. The maximum absolute atomic E-state index is 13.2. The largest absolute Gasteiger partial charge is 0.488 e. The third-order valence-electron chi connectivity index (χ3n) is 5.46. The number of hydrogen-bond donors (Lipinski definition) is 0. The van der Waals surface area contributed by atoms with Crippen LogP contribution in [0.25, 0.3) is 6.08 Å². The first-order chi connectivity index (χ1) is 16.1. The number of carbonyl (C=O) groups excluding carboxylic acids is 1. The van der Waals surface area contributed by atoms with Crippen LogP contribution in [0.4, 0.5) is 11.4 Å². The summed E-state index contributed by atoms with van der Waals surface area (Å²) in [4.78, 5) is 17.6. The topological polar surface area (TPSA) is 32.8 Å². The van der Waals surface area contributed by atoms with Crippen LogP contribution in [0.3, 0.4) is 0 Å². The van der Waals surface area contributed by atoms with Gasteiger partial charge < -0.3 is 9.64 Å². The van der Waals surface area contributed by atoms with Crippen LogP contribution in [0.5, 0.6) is 5.75 Å². The molecule has 4 nitrogen and oxygen atoms in total. The molecule has 0 bridgehead atoms. The molecular formula is C27H26N2O2S2. The smallest absolute Gasteiger partial charge is 0.270 e. The summed E-state index contributed by atoms with van der Waals surface area (Å²) < 4.78 is 6.78. The minimum absolute atomic E-state index is 0.113. The van der Waals surface area contributed by atoms with Gasteiger partial charge in [-0.05, 0) is 49.8 Å². The molecule has 1 fully saturated rings. The molecule has 0 spiro atoms. The molecule has 33 heavy (non-hydrogen) atoms. The highest BCUT2D eigenvalue weighted by molar-refractivity contribution is 8.27. The van der Waals surface area contributed by atoms with Gasteiger partial charge in [0.2, 0.25) is 0 Å². The first-order valence-electron chi connectivity index (χ1n) is 11.0. The molecule has 0 N–H and O–H groups in total. The van der Waals surface area contributed by atoms with Gasteiger partial charge in [0.15, 0.2) is 4.32 Å². The summed E-state index contributed by atoms with van der Waals surface area (Å²) in [6.45, 7) is 6.54. The Hall–Kier alpha value is -3.09. The average Bonchev–Trinajstić information content (AvgIpc) is 3.13. The standard InChI is InChI=1S/C27H26N2O2S2/c1-3-28(4-2)23-16-15-21(24(18-23)31-19-20-11-7-5-8-12-20)17-25-26(30)29(27(32)33-25)22-13-9-6-10-14-22/h5-18H,3-4,19H2,1-2H3/b25-17+. The fourth-order valence-corrected chi connectivity index (χ4v) is 4.99. The van der Waals surface area contributed by atoms with E-state index in [4.69, 9.17) is 17.0 Å². The first-order valence-corrected chi connectivity index (χ1v) is 12.2. The van der Waals surface area contributed by atoms with Crippen LogP contribution in [-0.4, -0.2) is 23.3 Å². The first kappa shape index (κ1) is 23.1. The maximum Gasteiger partial charge on any atom is 0.270 e. The van der Waals surface area contributed by atoms with Gasteiger partial charge in [0, 0.05) is 30.4 Å². The number of benzene rings is 3. The van der Waals surface area contributed by atoms with E-state index in [0.717, 1.165) is 41.3 Å². The molecule has 1 amide bonds. The SMILES string of the molecule is CCN(CC)c1ccc(/C=C2/SC(=S)N(c3ccccc3)C2=O)c(OCc2ccccc2)c1. The summed E-state index contributed by atoms with van der Waals surface area (Å²) in [5, 5.41) is 0. The van der Waals surface area contributed by atoms with Crippen molar-refractivity contribution in [1.29, 1.82) is 0 Å². The number of ether oxygens (including phenoxy) is 1. The highest BCUT2D eigenvalue weighted by Gasteiger charge is 2.33. The Morgan fingerprint density at radius 2 is 1.64 bits per heavy atom. The van der Waals surface area contributed by atoms with Crippen molar-refractivity contribution in [3.63, 3.8) is 0 Å². The minimum Gasteiger partial charge on any atom is -0.488 e. The second-order valence-corrected chi connectivity index (χ2v) is 9.20. The average molecular weight is 475 g/mol. The predicted molar refractivity (Wildman–Crippen MR) is 143 cm³/mol. The molecule has 0 atom stereocenters. The molecule has 6 heteroatoms. The second kappa shape index (κ2) is 10.7. The van der Waals surface area contributed by atoms with E-state index < -0.39 is 0 Å². The van der Waals surface area contributed by atoms with E-state index in [-0.39, 0.29) is 5.91 Å². The Balaban J connectivity index is 1.66. The number of para-hydroxylation sites is 1. The van der Waals surface area contributed by atoms with Gasteiger partial charge in [0.1, 0.15) is 12.4 Å². The van der Waals surface area contributed by atoms with Crippen LogP contribution < -0.4 is 14.5 Å². The molecular weight excluding hydrogens is 448 g/mol. The molecule has 0 saturated carbocycles. The van der Waals surface area contributed by atoms with Gasteiger partial charge in [-0.1, -0.05) is 72.5 Å². The van der Waals surface area contributed by atoms with E-state index in [9.17, 15) is 4.79 Å². The van der Waals surface area contributed by atoms with Crippen molar-refractivity contribution in [2.45, 2.75) is 20.5 Å². The fourth-order valence-electron chi connectivity index (χ4n) is 3.70. The van der Waals surface area contributed by atoms with Crippen molar-refractivity contribution in [1.82, 2.24) is 0 Å². The van der Waals surface area contributed by atoms with Gasteiger partial charge in [-0.15, -0.1) is 0 Å². The number of amides is 1. The van der Waals surface area contributed by atoms with Crippen molar-refractivity contribution in [3.05, 3.63) is 94.9 Å². The molecule has 3 aromatic carbocycles. The molecule has 3 aromatic rings. The number of nitrogens with zero attached hydrogens (tertiary/aromatic N) is 2. The lowest BCUT2D eigenvalue weighted by atomic mass is 10.1. The van der Waals surface area contributed by atoms with E-state index in [2.05, 4.69) is 30.9 Å². The zero-order valence-corrected chi connectivity index (χ0v) is 20.4. The Morgan fingerprint density at radius 1 is 0.970 bits per heavy atom. The number of rotatable bonds is 8. The molecule has 168 valence electrons. The summed E-state index contributed by atoms with van der Waals surface area (Å²) in [6.07, 6.45) is 1.88. The van der Waals surface area contributed by atoms with Crippen molar-refractivity contribution < 1.29 is 9.53 Å². The second-order valence-electron chi connectivity index (χ2n) is 7.52. The van der Waals surface area contributed by atoms with Gasteiger partial charge in [0.05, 0.1) is 10.6 Å². The van der Waals surface area contributed by atoms with Crippen LogP contribution in [-0.2, 0) is 11.4 Å². The summed E-state index contributed by atoms with van der Waals surface area (Å²) in [7, 11) is 0. The summed E-state index contributed by atoms with van der Waals surface area (Å²) in [6, 6.07) is 25.7. The minimum atomic E-state index is -0.113. The van der Waals surface area contributed by atoms with Gasteiger partial charge in [-0.3, -0.25) is 9.69 Å². The van der Waals surface area contributed by atoms with Crippen LogP contribution in [0, 0.1) is 0 Å². The molecule has 1 aliphatic heterocycles. The van der Waals surface area contributed by atoms with E-state index in [1.54, 1.807) is 4.90 Å². The number of thioether (sulfide) groups is 1. The molecule has 0 aromatic heterocycles. The molecule has 0 radical (unpaired) electrons. The lowest BCUT2D eigenvalue weighted by molar-refractivity contribution is -0.113. The number of carbonyl (C=O) groups is 1. The third kappa shape index (κ3) is 5.29. The molecule has 1 saturated heterocycles. The molecule has 1 aliphatic rings. The van der Waals surface area contributed by atoms with Crippen molar-refractivity contribution in [3.8, 4) is 5.75 Å². The normalized spacial score (nSPS) is 14.7. The van der Waals surface area contributed by atoms with E-state index >= 15 is 0 Å². The Bertz CT molecular complexity index is 1160. The maximum atomic E-state index is 13.2. The van der Waals surface area contributed by atoms with Crippen molar-refractivity contribution in [2.75, 3.05) is 22.9 Å². The Labute approximate surface area is 204 Å². The molecule has 4 rings (SSSR count). The van der Waals surface area contributed by atoms with Gasteiger partial charge in [-0.25, -0.2) is 0 Å². The van der Waals surface area contributed by atoms with Crippen LogP contribution in [0.2, 0.25) is 0 Å². The predicted octanol–water partition coefficient (Wildman–Crippen LogP) is 6.52. The monoisotopic (exact) mass is 474 g/mol. The fraction of sp³-hybridized carbons (Fsp3) is 0.185. The van der Waals surface area contributed by atoms with Crippen LogP contribution >= 0.6 is 24.0 Å². The highest BCUT2D eigenvalue weighted by atomic mass is 32.2. The van der Waals surface area contributed by atoms with Gasteiger partial charge in [-0.2, -0.15) is 0 Å². The van der Waals surface area contributed by atoms with E-state index in [0.29, 0.717) is 15.8 Å². The summed E-state index contributed by atoms with van der Waals surface area (Å²) >= 11 is 6.83. The zero-order valence-electron chi connectivity index (χ0n) is 18.7. The molecule has 0 unspecified atom stereocenters. The Morgan fingerprint density at radius 3 is 2.30 bits per heavy atom. The highest BCUT2D eigenvalue weighted by Crippen LogP contribution is 2.38. The summed E-state index contributed by atoms with van der Waals surface area (Å²) in [5.41, 5.74) is 3.82. The molecule has 1 heterocycles. The summed E-state index contributed by atoms with van der Waals surface area (Å²) in [5.74, 6) is 0.631. The van der Waals surface area contributed by atoms with E-state index in [1.165, 1.54) is 11.8 Å². The van der Waals surface area contributed by atoms with Crippen molar-refractivity contribution >= 4 is 51.7 Å². The third-order valence-corrected chi connectivity index (χ3v) is 6.76. The Kier molecular flexibility index (Phi) is 7.47. The molecule has 0 aliphatic carbocycles. The lowest BCUT2D eigenvalue weighted by Crippen LogP contribution is -2.27. The lowest BCUT2D eigenvalue weighted by Gasteiger charge is -2.22. The van der Waals surface area contributed by atoms with Gasteiger partial charge >= 0.3 is 0 Å². The quantitative estimate of drug-likeness (QED) is 0.274. The van der Waals surface area contributed by atoms with Crippen molar-refractivity contribution in [2.24, 2.45) is 0 Å². The van der Waals surface area contributed by atoms with Gasteiger partial charge in [0.25, 0.3) is 5.91 Å². The van der Waals surface area contributed by atoms with Crippen LogP contribution in [0.1, 0.15) is 25.0 Å². The van der Waals surface area contributed by atoms with Crippen LogP contribution in [0.15, 0.2) is 83.8 Å². The number of thiocarbonyl (C=S) groups is 1. The van der Waals surface area contributed by atoms with E-state index in [1.807, 2.05) is 72.8 Å².